The maximum Gasteiger partial charge on any atom is 0.410 e. The minimum atomic E-state index is -0.529. The average Bonchev–Trinajstić information content (AvgIpc) is 2.19. The predicted molar refractivity (Wildman–Crippen MR) is 69.4 cm³/mol. The highest BCUT2D eigenvalue weighted by molar-refractivity contribution is 5.68. The summed E-state index contributed by atoms with van der Waals surface area (Å²) in [6.07, 6.45) is -0.396. The Bertz CT molecular complexity index is 239. The Morgan fingerprint density at radius 2 is 2.00 bits per heavy atom. The van der Waals surface area contributed by atoms with Gasteiger partial charge in [0.2, 0.25) is 0 Å². The number of ether oxygens (including phenoxy) is 2. The van der Waals surface area contributed by atoms with Gasteiger partial charge in [0.25, 0.3) is 0 Å². The van der Waals surface area contributed by atoms with Crippen LogP contribution in [0.5, 0.6) is 0 Å². The van der Waals surface area contributed by atoms with Crippen LogP contribution in [0, 0.1) is 0 Å². The molecule has 0 aliphatic rings. The lowest BCUT2D eigenvalue weighted by atomic mass is 10.2. The highest BCUT2D eigenvalue weighted by Crippen LogP contribution is 2.10. The van der Waals surface area contributed by atoms with Crippen LogP contribution in [0.2, 0.25) is 0 Å². The van der Waals surface area contributed by atoms with Crippen LogP contribution in [0.25, 0.3) is 0 Å². The molecule has 0 heterocycles. The fourth-order valence-electron chi connectivity index (χ4n) is 1.27. The van der Waals surface area contributed by atoms with Gasteiger partial charge in [-0.1, -0.05) is 0 Å². The summed E-state index contributed by atoms with van der Waals surface area (Å²) < 4.78 is 10.4. The molecule has 1 atom stereocenters. The van der Waals surface area contributed by atoms with Crippen molar-refractivity contribution in [3.63, 3.8) is 0 Å². The zero-order valence-corrected chi connectivity index (χ0v) is 11.8. The minimum Gasteiger partial charge on any atom is -0.444 e. The molecule has 0 aromatic heterocycles. The van der Waals surface area contributed by atoms with Gasteiger partial charge in [-0.2, -0.15) is 0 Å². The van der Waals surface area contributed by atoms with E-state index in [1.165, 1.54) is 4.90 Å². The maximum absolute atomic E-state index is 11.9. The van der Waals surface area contributed by atoms with E-state index in [1.807, 2.05) is 27.7 Å². The molecule has 0 saturated carbocycles. The SMILES string of the molecule is C[C@@H](N)CN(CCOCCO)C(=O)OC(C)(C)C. The molecule has 0 bridgehead atoms. The number of hydrogen-bond acceptors (Lipinski definition) is 5. The third kappa shape index (κ3) is 9.21. The minimum absolute atomic E-state index is 0.0280. The van der Waals surface area contributed by atoms with Crippen LogP contribution in [0.3, 0.4) is 0 Å². The fraction of sp³-hybridized carbons (Fsp3) is 0.917. The number of nitrogens with zero attached hydrogens (tertiary/aromatic N) is 1. The van der Waals surface area contributed by atoms with Gasteiger partial charge in [-0.3, -0.25) is 0 Å². The van der Waals surface area contributed by atoms with E-state index in [0.717, 1.165) is 0 Å². The summed E-state index contributed by atoms with van der Waals surface area (Å²) in [5, 5.41) is 8.59. The Hall–Kier alpha value is -0.850. The van der Waals surface area contributed by atoms with Crippen molar-refractivity contribution in [3.8, 4) is 0 Å². The van der Waals surface area contributed by atoms with Crippen LogP contribution in [0.4, 0.5) is 4.79 Å². The number of carbonyl (C=O) groups excluding carboxylic acids is 1. The first-order valence-corrected chi connectivity index (χ1v) is 6.18. The van der Waals surface area contributed by atoms with E-state index >= 15 is 0 Å². The molecule has 108 valence electrons. The van der Waals surface area contributed by atoms with Crippen LogP contribution in [0.15, 0.2) is 0 Å². The van der Waals surface area contributed by atoms with Gasteiger partial charge < -0.3 is 25.2 Å². The number of carbonyl (C=O) groups is 1. The molecule has 18 heavy (non-hydrogen) atoms. The zero-order chi connectivity index (χ0) is 14.2. The number of nitrogens with two attached hydrogens (primary N) is 1. The third-order valence-corrected chi connectivity index (χ3v) is 1.90. The Morgan fingerprint density at radius 1 is 1.39 bits per heavy atom. The molecule has 0 aromatic carbocycles. The maximum atomic E-state index is 11.9. The van der Waals surface area contributed by atoms with Crippen LogP contribution in [-0.4, -0.2) is 60.7 Å². The first-order valence-electron chi connectivity index (χ1n) is 6.18. The Balaban J connectivity index is 4.24. The molecule has 0 rings (SSSR count). The quantitative estimate of drug-likeness (QED) is 0.656. The zero-order valence-electron chi connectivity index (χ0n) is 11.8. The predicted octanol–water partition coefficient (Wildman–Crippen LogP) is 0.580. The summed E-state index contributed by atoms with van der Waals surface area (Å²) in [5.74, 6) is 0. The molecule has 0 spiro atoms. The molecule has 1 amide bonds. The molecule has 6 nitrogen and oxygen atoms in total. The second-order valence-corrected chi connectivity index (χ2v) is 5.24. The third-order valence-electron chi connectivity index (χ3n) is 1.90. The molecular weight excluding hydrogens is 236 g/mol. The molecular formula is C12H26N2O4. The van der Waals surface area contributed by atoms with E-state index in [4.69, 9.17) is 20.3 Å². The van der Waals surface area contributed by atoms with Crippen molar-refractivity contribution in [1.82, 2.24) is 4.90 Å². The lowest BCUT2D eigenvalue weighted by Gasteiger charge is -2.28. The van der Waals surface area contributed by atoms with Crippen LogP contribution in [0.1, 0.15) is 27.7 Å². The van der Waals surface area contributed by atoms with Gasteiger partial charge in [-0.05, 0) is 27.7 Å². The van der Waals surface area contributed by atoms with Gasteiger partial charge in [0.1, 0.15) is 5.60 Å². The smallest absolute Gasteiger partial charge is 0.410 e. The molecule has 3 N–H and O–H groups in total. The van der Waals surface area contributed by atoms with E-state index in [-0.39, 0.29) is 19.3 Å². The van der Waals surface area contributed by atoms with Gasteiger partial charge in [0.15, 0.2) is 0 Å². The first-order chi connectivity index (χ1) is 8.26. The van der Waals surface area contributed by atoms with Crippen molar-refractivity contribution in [2.75, 3.05) is 32.9 Å². The Kier molecular flexibility index (Phi) is 7.90. The highest BCUT2D eigenvalue weighted by Gasteiger charge is 2.22. The van der Waals surface area contributed by atoms with Crippen molar-refractivity contribution in [1.29, 1.82) is 0 Å². The topological polar surface area (TPSA) is 85.0 Å². The van der Waals surface area contributed by atoms with E-state index < -0.39 is 11.7 Å². The second-order valence-electron chi connectivity index (χ2n) is 5.24. The van der Waals surface area contributed by atoms with Crippen LogP contribution in [-0.2, 0) is 9.47 Å². The summed E-state index contributed by atoms with van der Waals surface area (Å²) in [7, 11) is 0. The molecule has 0 aromatic rings. The lowest BCUT2D eigenvalue weighted by molar-refractivity contribution is 0.0145. The van der Waals surface area contributed by atoms with E-state index in [2.05, 4.69) is 0 Å². The van der Waals surface area contributed by atoms with Crippen LogP contribution < -0.4 is 5.73 Å². The Labute approximate surface area is 109 Å². The van der Waals surface area contributed by atoms with Gasteiger partial charge in [0, 0.05) is 19.1 Å². The number of aliphatic hydroxyl groups is 1. The van der Waals surface area contributed by atoms with E-state index in [1.54, 1.807) is 0 Å². The summed E-state index contributed by atoms with van der Waals surface area (Å²) in [4.78, 5) is 13.4. The second kappa shape index (κ2) is 8.29. The monoisotopic (exact) mass is 262 g/mol. The number of aliphatic hydroxyl groups excluding tert-OH is 1. The first kappa shape index (κ1) is 17.2. The summed E-state index contributed by atoms with van der Waals surface area (Å²) >= 11 is 0. The summed E-state index contributed by atoms with van der Waals surface area (Å²) in [5.41, 5.74) is 5.17. The number of hydrogen-bond donors (Lipinski definition) is 2. The summed E-state index contributed by atoms with van der Waals surface area (Å²) in [6.45, 7) is 8.68. The standard InChI is InChI=1S/C12H26N2O4/c1-10(13)9-14(5-7-17-8-6-15)11(16)18-12(2,3)4/h10,15H,5-9,13H2,1-4H3/t10-/m1/s1. The normalized spacial score (nSPS) is 13.2. The van der Waals surface area contributed by atoms with Crippen molar-refractivity contribution < 1.29 is 19.4 Å². The number of amides is 1. The average molecular weight is 262 g/mol. The van der Waals surface area contributed by atoms with Gasteiger partial charge in [-0.25, -0.2) is 4.79 Å². The van der Waals surface area contributed by atoms with Crippen molar-refractivity contribution >= 4 is 6.09 Å². The molecule has 0 saturated heterocycles. The highest BCUT2D eigenvalue weighted by atomic mass is 16.6. The molecule has 0 unspecified atom stereocenters. The largest absolute Gasteiger partial charge is 0.444 e. The van der Waals surface area contributed by atoms with Gasteiger partial charge in [-0.15, -0.1) is 0 Å². The van der Waals surface area contributed by atoms with Gasteiger partial charge in [0.05, 0.1) is 19.8 Å². The lowest BCUT2D eigenvalue weighted by Crippen LogP contribution is -2.44. The molecule has 6 heteroatoms. The number of rotatable bonds is 7. The van der Waals surface area contributed by atoms with E-state index in [9.17, 15) is 4.79 Å². The van der Waals surface area contributed by atoms with Crippen molar-refractivity contribution in [3.05, 3.63) is 0 Å². The van der Waals surface area contributed by atoms with Crippen molar-refractivity contribution in [2.45, 2.75) is 39.3 Å². The van der Waals surface area contributed by atoms with E-state index in [0.29, 0.717) is 19.7 Å². The molecule has 0 radical (unpaired) electrons. The van der Waals surface area contributed by atoms with Crippen molar-refractivity contribution in [2.24, 2.45) is 5.73 Å². The van der Waals surface area contributed by atoms with Crippen LogP contribution >= 0.6 is 0 Å². The van der Waals surface area contributed by atoms with Gasteiger partial charge >= 0.3 is 6.09 Å². The molecule has 0 aliphatic heterocycles. The fourth-order valence-corrected chi connectivity index (χ4v) is 1.27. The summed E-state index contributed by atoms with van der Waals surface area (Å²) in [6, 6.07) is -0.129. The molecule has 0 fully saturated rings. The molecule has 0 aliphatic carbocycles. The Morgan fingerprint density at radius 3 is 2.44 bits per heavy atom.